The number of benzene rings is 1. The molecule has 0 heterocycles. The van der Waals surface area contributed by atoms with Crippen molar-refractivity contribution in [1.82, 2.24) is 0 Å². The van der Waals surface area contributed by atoms with Crippen molar-refractivity contribution in [3.63, 3.8) is 0 Å². The number of ether oxygens (including phenoxy) is 1. The maximum atomic E-state index is 14.0. The maximum absolute atomic E-state index is 14.0. The number of halogens is 9. The van der Waals surface area contributed by atoms with Crippen LogP contribution in [0.5, 0.6) is 0 Å². The second-order valence-electron chi connectivity index (χ2n) is 6.41. The van der Waals surface area contributed by atoms with Crippen molar-refractivity contribution in [1.29, 1.82) is 0 Å². The lowest BCUT2D eigenvalue weighted by Crippen LogP contribution is -2.62. The fraction of sp³-hybridized carbons (Fsp3) is 0.625. The Morgan fingerprint density at radius 1 is 0.889 bits per heavy atom. The summed E-state index contributed by atoms with van der Waals surface area (Å²) in [5.41, 5.74) is -1.91. The van der Waals surface area contributed by atoms with Crippen molar-refractivity contribution < 1.29 is 44.3 Å². The van der Waals surface area contributed by atoms with Gasteiger partial charge in [-0.25, -0.2) is 0 Å². The first-order valence-electron chi connectivity index (χ1n) is 7.46. The molecule has 1 atom stereocenters. The Labute approximate surface area is 149 Å². The van der Waals surface area contributed by atoms with E-state index in [9.17, 15) is 39.5 Å². The van der Waals surface area contributed by atoms with Crippen molar-refractivity contribution >= 4 is 5.69 Å². The molecule has 0 N–H and O–H groups in total. The van der Waals surface area contributed by atoms with E-state index in [-0.39, 0.29) is 5.56 Å². The van der Waals surface area contributed by atoms with Crippen molar-refractivity contribution in [2.24, 2.45) is 0 Å². The first kappa shape index (κ1) is 23.4. The fourth-order valence-corrected chi connectivity index (χ4v) is 2.35. The van der Waals surface area contributed by atoms with Crippen molar-refractivity contribution in [2.45, 2.75) is 42.9 Å². The summed E-state index contributed by atoms with van der Waals surface area (Å²) in [7, 11) is 4.05. The Balaban J connectivity index is 3.37. The molecule has 0 aliphatic heterocycles. The summed E-state index contributed by atoms with van der Waals surface area (Å²) in [6.45, 7) is 0.900. The third kappa shape index (κ3) is 4.12. The minimum atomic E-state index is -6.93. The molecule has 11 heteroatoms. The molecule has 1 unspecified atom stereocenters. The minimum absolute atomic E-state index is 0.0954. The predicted octanol–water partition coefficient (Wildman–Crippen LogP) is 5.47. The van der Waals surface area contributed by atoms with Crippen LogP contribution in [0, 0.1) is 0 Å². The summed E-state index contributed by atoms with van der Waals surface area (Å²) < 4.78 is 123. The van der Waals surface area contributed by atoms with E-state index in [0.717, 1.165) is 14.0 Å². The zero-order valence-electron chi connectivity index (χ0n) is 14.8. The number of anilines is 1. The number of alkyl halides is 9. The number of hydrogen-bond acceptors (Lipinski definition) is 2. The van der Waals surface area contributed by atoms with Gasteiger partial charge in [0.1, 0.15) is 0 Å². The normalized spacial score (nSPS) is 16.2. The Kier molecular flexibility index (Phi) is 6.12. The lowest BCUT2D eigenvalue weighted by molar-refractivity contribution is -0.400. The average Bonchev–Trinajstić information content (AvgIpc) is 2.53. The highest BCUT2D eigenvalue weighted by Crippen LogP contribution is 2.56. The Bertz CT molecular complexity index is 658. The van der Waals surface area contributed by atoms with Gasteiger partial charge in [-0.3, -0.25) is 0 Å². The smallest absolute Gasteiger partial charge is 0.378 e. The van der Waals surface area contributed by atoms with E-state index in [4.69, 9.17) is 4.74 Å². The summed E-state index contributed by atoms with van der Waals surface area (Å²) >= 11 is 0. The first-order valence-corrected chi connectivity index (χ1v) is 7.46. The number of rotatable bonds is 7. The number of hydrogen-bond donors (Lipinski definition) is 0. The van der Waals surface area contributed by atoms with E-state index in [2.05, 4.69) is 0 Å². The molecule has 0 saturated heterocycles. The van der Waals surface area contributed by atoms with E-state index in [0.29, 0.717) is 5.69 Å². The molecule has 156 valence electrons. The van der Waals surface area contributed by atoms with Crippen molar-refractivity contribution in [3.8, 4) is 0 Å². The van der Waals surface area contributed by atoms with Crippen LogP contribution in [-0.4, -0.2) is 45.1 Å². The van der Waals surface area contributed by atoms with Crippen LogP contribution in [0.25, 0.3) is 0 Å². The maximum Gasteiger partial charge on any atom is 0.460 e. The topological polar surface area (TPSA) is 12.5 Å². The lowest BCUT2D eigenvalue weighted by atomic mass is 9.85. The molecule has 0 radical (unpaired) electrons. The van der Waals surface area contributed by atoms with Crippen LogP contribution in [0.3, 0.4) is 0 Å². The SMILES string of the molecule is COC(C)(CC(F)(F)C(F)(F)C(F)(F)C(F)(F)F)c1cccc(N(C)C)c1. The molecule has 0 aliphatic rings. The molecular formula is C16H18F9NO. The third-order valence-electron chi connectivity index (χ3n) is 4.19. The molecule has 2 nitrogen and oxygen atoms in total. The Morgan fingerprint density at radius 2 is 1.41 bits per heavy atom. The van der Waals surface area contributed by atoms with Gasteiger partial charge < -0.3 is 9.64 Å². The van der Waals surface area contributed by atoms with Gasteiger partial charge in [0.25, 0.3) is 0 Å². The van der Waals surface area contributed by atoms with Gasteiger partial charge in [-0.2, -0.15) is 39.5 Å². The second-order valence-corrected chi connectivity index (χ2v) is 6.41. The van der Waals surface area contributed by atoms with Crippen LogP contribution in [-0.2, 0) is 10.3 Å². The van der Waals surface area contributed by atoms with Crippen LogP contribution >= 0.6 is 0 Å². The van der Waals surface area contributed by atoms with Gasteiger partial charge in [0.15, 0.2) is 0 Å². The molecule has 0 aliphatic carbocycles. The van der Waals surface area contributed by atoms with Crippen molar-refractivity contribution in [3.05, 3.63) is 29.8 Å². The van der Waals surface area contributed by atoms with Gasteiger partial charge in [0, 0.05) is 26.9 Å². The standard InChI is InChI=1S/C16H18F9NO/c1-12(27-4,10-6-5-7-11(8-10)26(2)3)9-13(17,18)14(19,20)15(21,22)16(23,24)25/h5-8H,9H2,1-4H3. The lowest BCUT2D eigenvalue weighted by Gasteiger charge is -2.38. The highest BCUT2D eigenvalue weighted by atomic mass is 19.4. The van der Waals surface area contributed by atoms with E-state index in [1.165, 1.54) is 18.2 Å². The van der Waals surface area contributed by atoms with Gasteiger partial charge in [0.05, 0.1) is 12.0 Å². The van der Waals surface area contributed by atoms with Crippen LogP contribution in [0.15, 0.2) is 24.3 Å². The van der Waals surface area contributed by atoms with Gasteiger partial charge in [-0.1, -0.05) is 12.1 Å². The summed E-state index contributed by atoms with van der Waals surface area (Å²) in [5, 5.41) is 0. The summed E-state index contributed by atoms with van der Waals surface area (Å²) in [6.07, 6.45) is -8.96. The summed E-state index contributed by atoms with van der Waals surface area (Å²) in [4.78, 5) is 1.55. The molecular weight excluding hydrogens is 393 g/mol. The van der Waals surface area contributed by atoms with Gasteiger partial charge >= 0.3 is 23.9 Å². The Morgan fingerprint density at radius 3 is 1.81 bits per heavy atom. The fourth-order valence-electron chi connectivity index (χ4n) is 2.35. The summed E-state index contributed by atoms with van der Waals surface area (Å²) in [6, 6.07) is 5.42. The highest BCUT2D eigenvalue weighted by molar-refractivity contribution is 5.48. The largest absolute Gasteiger partial charge is 0.460 e. The minimum Gasteiger partial charge on any atom is -0.378 e. The molecule has 1 rings (SSSR count). The molecule has 0 fully saturated rings. The highest BCUT2D eigenvalue weighted by Gasteiger charge is 2.82. The zero-order valence-corrected chi connectivity index (χ0v) is 14.8. The number of nitrogens with zero attached hydrogens (tertiary/aromatic N) is 1. The second kappa shape index (κ2) is 7.06. The molecule has 0 bridgehead atoms. The van der Waals surface area contributed by atoms with Crippen LogP contribution in [0.2, 0.25) is 0 Å². The van der Waals surface area contributed by atoms with Gasteiger partial charge in [0.2, 0.25) is 0 Å². The van der Waals surface area contributed by atoms with Crippen LogP contribution in [0.4, 0.5) is 45.2 Å². The van der Waals surface area contributed by atoms with Crippen LogP contribution < -0.4 is 4.90 Å². The molecule has 0 aromatic heterocycles. The average molecular weight is 411 g/mol. The molecule has 1 aromatic rings. The van der Waals surface area contributed by atoms with Crippen LogP contribution in [0.1, 0.15) is 18.9 Å². The summed E-state index contributed by atoms with van der Waals surface area (Å²) in [5.74, 6) is -19.3. The quantitative estimate of drug-likeness (QED) is 0.552. The van der Waals surface area contributed by atoms with Gasteiger partial charge in [-0.05, 0) is 24.6 Å². The monoisotopic (exact) mass is 411 g/mol. The van der Waals surface area contributed by atoms with E-state index in [1.54, 1.807) is 25.1 Å². The third-order valence-corrected chi connectivity index (χ3v) is 4.19. The molecule has 0 amide bonds. The zero-order chi connectivity index (χ0) is 21.5. The number of methoxy groups -OCH3 is 1. The molecule has 1 aromatic carbocycles. The molecule has 27 heavy (non-hydrogen) atoms. The van der Waals surface area contributed by atoms with E-state index >= 15 is 0 Å². The Hall–Kier alpha value is -1.65. The predicted molar refractivity (Wildman–Crippen MR) is 80.6 cm³/mol. The molecule has 0 saturated carbocycles. The van der Waals surface area contributed by atoms with Gasteiger partial charge in [-0.15, -0.1) is 0 Å². The van der Waals surface area contributed by atoms with E-state index in [1.807, 2.05) is 0 Å². The van der Waals surface area contributed by atoms with E-state index < -0.39 is 36.0 Å². The molecule has 0 spiro atoms. The first-order chi connectivity index (χ1) is 11.9. The van der Waals surface area contributed by atoms with Crippen molar-refractivity contribution in [2.75, 3.05) is 26.1 Å².